The first-order valence-corrected chi connectivity index (χ1v) is 5.90. The standard InChI is InChI=1S/C12H11N3O3/c16-11(6-1-2-6)15-12-13-7-3-9-10(18-5-17-9)4-8(7)14-12/h3-4,6H,1-2,5H2,(H2,13,14,15,16). The Balaban J connectivity index is 1.68. The van der Waals surface area contributed by atoms with E-state index >= 15 is 0 Å². The average Bonchev–Trinajstić information content (AvgIpc) is 2.99. The molecule has 1 amide bonds. The SMILES string of the molecule is O=C(Nc1nc2cc3c(cc2[nH]1)OCO3)C1CC1. The molecule has 2 aliphatic rings. The number of ether oxygens (including phenoxy) is 2. The molecule has 6 heteroatoms. The van der Waals surface area contributed by atoms with Gasteiger partial charge in [-0.2, -0.15) is 0 Å². The number of benzene rings is 1. The number of carbonyl (C=O) groups is 1. The van der Waals surface area contributed by atoms with Crippen molar-refractivity contribution in [1.82, 2.24) is 9.97 Å². The highest BCUT2D eigenvalue weighted by atomic mass is 16.7. The molecule has 18 heavy (non-hydrogen) atoms. The summed E-state index contributed by atoms with van der Waals surface area (Å²) >= 11 is 0. The van der Waals surface area contributed by atoms with Crippen LogP contribution in [0.25, 0.3) is 11.0 Å². The van der Waals surface area contributed by atoms with Crippen LogP contribution in [0.1, 0.15) is 12.8 Å². The molecule has 2 N–H and O–H groups in total. The Labute approximate surface area is 102 Å². The molecule has 2 heterocycles. The molecular formula is C12H11N3O3. The van der Waals surface area contributed by atoms with Crippen molar-refractivity contribution < 1.29 is 14.3 Å². The number of carbonyl (C=O) groups excluding carboxylic acids is 1. The third-order valence-electron chi connectivity index (χ3n) is 3.17. The van der Waals surface area contributed by atoms with E-state index in [2.05, 4.69) is 15.3 Å². The van der Waals surface area contributed by atoms with Crippen LogP contribution in [0, 0.1) is 5.92 Å². The summed E-state index contributed by atoms with van der Waals surface area (Å²) in [6.07, 6.45) is 1.95. The third kappa shape index (κ3) is 1.49. The molecule has 0 saturated heterocycles. The fourth-order valence-electron chi connectivity index (χ4n) is 2.02. The van der Waals surface area contributed by atoms with E-state index in [1.54, 1.807) is 6.07 Å². The molecule has 2 aromatic rings. The Morgan fingerprint density at radius 1 is 1.33 bits per heavy atom. The van der Waals surface area contributed by atoms with E-state index in [-0.39, 0.29) is 18.6 Å². The lowest BCUT2D eigenvalue weighted by Gasteiger charge is -1.97. The van der Waals surface area contributed by atoms with E-state index in [1.165, 1.54) is 0 Å². The zero-order chi connectivity index (χ0) is 12.1. The zero-order valence-electron chi connectivity index (χ0n) is 9.53. The summed E-state index contributed by atoms with van der Waals surface area (Å²) in [6, 6.07) is 3.64. The smallest absolute Gasteiger partial charge is 0.231 e. The van der Waals surface area contributed by atoms with Crippen LogP contribution in [0.4, 0.5) is 5.95 Å². The number of anilines is 1. The van der Waals surface area contributed by atoms with Crippen LogP contribution in [0.2, 0.25) is 0 Å². The van der Waals surface area contributed by atoms with Crippen molar-refractivity contribution in [2.24, 2.45) is 5.92 Å². The van der Waals surface area contributed by atoms with E-state index in [4.69, 9.17) is 9.47 Å². The van der Waals surface area contributed by atoms with E-state index in [0.717, 1.165) is 23.9 Å². The summed E-state index contributed by atoms with van der Waals surface area (Å²) < 4.78 is 10.6. The van der Waals surface area contributed by atoms with Crippen LogP contribution in [0.5, 0.6) is 11.5 Å². The van der Waals surface area contributed by atoms with Crippen molar-refractivity contribution in [3.05, 3.63) is 12.1 Å². The van der Waals surface area contributed by atoms with Gasteiger partial charge in [0.2, 0.25) is 18.6 Å². The predicted octanol–water partition coefficient (Wildman–Crippen LogP) is 1.64. The predicted molar refractivity (Wildman–Crippen MR) is 63.6 cm³/mol. The van der Waals surface area contributed by atoms with Gasteiger partial charge in [-0.25, -0.2) is 4.98 Å². The lowest BCUT2D eigenvalue weighted by molar-refractivity contribution is -0.117. The summed E-state index contributed by atoms with van der Waals surface area (Å²) in [5, 5.41) is 2.78. The lowest BCUT2D eigenvalue weighted by atomic mass is 10.3. The summed E-state index contributed by atoms with van der Waals surface area (Å²) in [4.78, 5) is 19.0. The molecule has 0 atom stereocenters. The van der Waals surface area contributed by atoms with Gasteiger partial charge in [-0.15, -0.1) is 0 Å². The minimum absolute atomic E-state index is 0.0362. The molecule has 4 rings (SSSR count). The highest BCUT2D eigenvalue weighted by Crippen LogP contribution is 2.36. The van der Waals surface area contributed by atoms with Gasteiger partial charge in [-0.1, -0.05) is 0 Å². The Morgan fingerprint density at radius 2 is 2.11 bits per heavy atom. The Morgan fingerprint density at radius 3 is 2.89 bits per heavy atom. The Bertz CT molecular complexity index is 604. The first-order valence-electron chi connectivity index (χ1n) is 5.90. The number of hydrogen-bond donors (Lipinski definition) is 2. The highest BCUT2D eigenvalue weighted by molar-refractivity contribution is 5.94. The van der Waals surface area contributed by atoms with Gasteiger partial charge in [0.1, 0.15) is 0 Å². The van der Waals surface area contributed by atoms with Gasteiger partial charge < -0.3 is 14.5 Å². The Kier molecular flexibility index (Phi) is 1.83. The molecule has 1 fully saturated rings. The molecule has 1 saturated carbocycles. The normalized spacial score (nSPS) is 17.1. The number of imidazole rings is 1. The summed E-state index contributed by atoms with van der Waals surface area (Å²) in [5.74, 6) is 2.06. The fraction of sp³-hybridized carbons (Fsp3) is 0.333. The van der Waals surface area contributed by atoms with Crippen LogP contribution in [-0.2, 0) is 4.79 Å². The van der Waals surface area contributed by atoms with Gasteiger partial charge in [0.25, 0.3) is 0 Å². The average molecular weight is 245 g/mol. The summed E-state index contributed by atoms with van der Waals surface area (Å²) in [6.45, 7) is 0.243. The molecule has 1 aliphatic carbocycles. The molecule has 0 spiro atoms. The molecule has 1 aromatic carbocycles. The van der Waals surface area contributed by atoms with Crippen LogP contribution < -0.4 is 14.8 Å². The van der Waals surface area contributed by atoms with Gasteiger partial charge in [0, 0.05) is 18.1 Å². The number of aromatic nitrogens is 2. The van der Waals surface area contributed by atoms with Crippen molar-refractivity contribution in [3.63, 3.8) is 0 Å². The van der Waals surface area contributed by atoms with E-state index in [0.29, 0.717) is 17.4 Å². The second kappa shape index (κ2) is 3.38. The van der Waals surface area contributed by atoms with Crippen molar-refractivity contribution in [1.29, 1.82) is 0 Å². The second-order valence-corrected chi connectivity index (χ2v) is 4.57. The number of aromatic amines is 1. The molecule has 1 aliphatic heterocycles. The second-order valence-electron chi connectivity index (χ2n) is 4.57. The largest absolute Gasteiger partial charge is 0.454 e. The van der Waals surface area contributed by atoms with E-state index in [9.17, 15) is 4.79 Å². The number of hydrogen-bond acceptors (Lipinski definition) is 4. The van der Waals surface area contributed by atoms with Crippen LogP contribution in [0.15, 0.2) is 12.1 Å². The van der Waals surface area contributed by atoms with Gasteiger partial charge in [0.05, 0.1) is 11.0 Å². The monoisotopic (exact) mass is 245 g/mol. The van der Waals surface area contributed by atoms with Crippen molar-refractivity contribution in [2.45, 2.75) is 12.8 Å². The highest BCUT2D eigenvalue weighted by Gasteiger charge is 2.30. The molecule has 6 nitrogen and oxygen atoms in total. The fourth-order valence-corrected chi connectivity index (χ4v) is 2.02. The number of nitrogens with one attached hydrogen (secondary N) is 2. The number of nitrogens with zero attached hydrogens (tertiary/aromatic N) is 1. The van der Waals surface area contributed by atoms with Crippen molar-refractivity contribution >= 4 is 22.9 Å². The maximum Gasteiger partial charge on any atom is 0.231 e. The van der Waals surface area contributed by atoms with E-state index < -0.39 is 0 Å². The lowest BCUT2D eigenvalue weighted by Crippen LogP contribution is -2.14. The number of rotatable bonds is 2. The van der Waals surface area contributed by atoms with Gasteiger partial charge in [0.15, 0.2) is 11.5 Å². The van der Waals surface area contributed by atoms with Gasteiger partial charge in [-0.05, 0) is 12.8 Å². The number of amides is 1. The minimum Gasteiger partial charge on any atom is -0.454 e. The molecular weight excluding hydrogens is 234 g/mol. The number of fused-ring (bicyclic) bond motifs is 2. The third-order valence-corrected chi connectivity index (χ3v) is 3.17. The Hall–Kier alpha value is -2.24. The first kappa shape index (κ1) is 9.76. The number of H-pyrrole nitrogens is 1. The van der Waals surface area contributed by atoms with Crippen molar-refractivity contribution in [2.75, 3.05) is 12.1 Å². The van der Waals surface area contributed by atoms with E-state index in [1.807, 2.05) is 6.07 Å². The van der Waals surface area contributed by atoms with Gasteiger partial charge >= 0.3 is 0 Å². The summed E-state index contributed by atoms with van der Waals surface area (Å²) in [5.41, 5.74) is 1.58. The van der Waals surface area contributed by atoms with Gasteiger partial charge in [-0.3, -0.25) is 10.1 Å². The maximum atomic E-state index is 11.6. The van der Waals surface area contributed by atoms with Crippen LogP contribution in [0.3, 0.4) is 0 Å². The molecule has 0 unspecified atom stereocenters. The molecule has 0 bridgehead atoms. The zero-order valence-corrected chi connectivity index (χ0v) is 9.53. The quantitative estimate of drug-likeness (QED) is 0.843. The summed E-state index contributed by atoms with van der Waals surface area (Å²) in [7, 11) is 0. The van der Waals surface area contributed by atoms with Crippen molar-refractivity contribution in [3.8, 4) is 11.5 Å². The van der Waals surface area contributed by atoms with Crippen LogP contribution >= 0.6 is 0 Å². The topological polar surface area (TPSA) is 76.2 Å². The minimum atomic E-state index is 0.0362. The van der Waals surface area contributed by atoms with Crippen LogP contribution in [-0.4, -0.2) is 22.7 Å². The molecule has 1 aromatic heterocycles. The maximum absolute atomic E-state index is 11.6. The first-order chi connectivity index (χ1) is 8.79. The molecule has 0 radical (unpaired) electrons. The molecule has 92 valence electrons.